The SMILES string of the molecule is CC/C=C\C/C=C\C/C=C\C/C=C\C/C=C\C/C=C\C/C=C\C/C=C\CCCCCCCCCCCCC(=O)OC(COC(=O)CCCCCCCCCCC/C=C\CCCCCCCC)COC(OCC[N+](C)(C)C)C(=O)[O-]. The van der Waals surface area contributed by atoms with Crippen LogP contribution >= 0.6 is 0 Å². The third-order valence-corrected chi connectivity index (χ3v) is 13.5. The third-order valence-electron chi connectivity index (χ3n) is 13.5. The average Bonchev–Trinajstić information content (AvgIpc) is 3.42. The molecule has 0 amide bonds. The standard InChI is InChI=1S/C70H119NO8/c1-6-8-10-12-14-16-18-20-22-24-26-27-28-29-30-31-32-33-34-35-36-37-38-39-40-41-43-45-47-49-51-53-55-57-59-61-68(73)79-66(65-78-70(69(74)75)76-63-62-71(3,4)5)64-77-67(72)60-58-56-54-52-50-48-46-44-42-25-23-21-19-17-15-13-11-9-7-2/h8,10,14,16,20-23,26-27,29-30,32-33,35-36,38-39,66,70H,6-7,9,11-13,15,17-19,24-25,28,31,34,37,40-65H2,1-5H3/b10-8-,16-14-,22-20-,23-21-,27-26-,30-29-,33-32-,36-35-,39-38-. The van der Waals surface area contributed by atoms with E-state index in [1.54, 1.807) is 0 Å². The number of hydrogen-bond acceptors (Lipinski definition) is 8. The van der Waals surface area contributed by atoms with Crippen LogP contribution in [0.5, 0.6) is 0 Å². The van der Waals surface area contributed by atoms with Crippen molar-refractivity contribution in [3.05, 3.63) is 109 Å². The topological polar surface area (TPSA) is 111 Å². The second kappa shape index (κ2) is 60.1. The van der Waals surface area contributed by atoms with Crippen LogP contribution in [0.3, 0.4) is 0 Å². The molecule has 79 heavy (non-hydrogen) atoms. The molecule has 0 saturated heterocycles. The number of hydrogen-bond donors (Lipinski definition) is 0. The molecule has 0 bridgehead atoms. The van der Waals surface area contributed by atoms with Crippen molar-refractivity contribution in [2.75, 3.05) is 47.5 Å². The lowest BCUT2D eigenvalue weighted by molar-refractivity contribution is -0.870. The first-order chi connectivity index (χ1) is 38.6. The Kier molecular flexibility index (Phi) is 57.0. The molecule has 9 heteroatoms. The summed E-state index contributed by atoms with van der Waals surface area (Å²) < 4.78 is 22.7. The molecule has 2 atom stereocenters. The van der Waals surface area contributed by atoms with Crippen LogP contribution in [0.2, 0.25) is 0 Å². The molecule has 0 saturated carbocycles. The Labute approximate surface area is 485 Å². The fourth-order valence-electron chi connectivity index (χ4n) is 8.61. The number of carboxylic acids is 1. The van der Waals surface area contributed by atoms with Gasteiger partial charge in [-0.1, -0.05) is 252 Å². The Bertz CT molecular complexity index is 1660. The quantitative estimate of drug-likeness (QED) is 0.0195. The summed E-state index contributed by atoms with van der Waals surface area (Å²) in [7, 11) is 5.92. The Balaban J connectivity index is 4.19. The molecule has 2 unspecified atom stereocenters. The minimum atomic E-state index is -1.63. The number of ether oxygens (including phenoxy) is 4. The van der Waals surface area contributed by atoms with E-state index in [0.29, 0.717) is 17.4 Å². The molecular weight excluding hydrogens is 983 g/mol. The van der Waals surface area contributed by atoms with Crippen LogP contribution < -0.4 is 5.11 Å². The minimum Gasteiger partial charge on any atom is -0.545 e. The number of esters is 2. The van der Waals surface area contributed by atoms with Gasteiger partial charge in [0.2, 0.25) is 0 Å². The Morgan fingerprint density at radius 3 is 1.09 bits per heavy atom. The smallest absolute Gasteiger partial charge is 0.306 e. The Hall–Kier alpha value is -4.05. The summed E-state index contributed by atoms with van der Waals surface area (Å²) >= 11 is 0. The molecular formula is C70H119NO8. The van der Waals surface area contributed by atoms with Crippen LogP contribution in [-0.2, 0) is 33.3 Å². The van der Waals surface area contributed by atoms with Gasteiger partial charge in [0.1, 0.15) is 13.2 Å². The number of allylic oxidation sites excluding steroid dienone is 18. The molecule has 0 aliphatic heterocycles. The number of carbonyl (C=O) groups excluding carboxylic acids is 3. The van der Waals surface area contributed by atoms with Crippen LogP contribution in [0, 0.1) is 0 Å². The maximum absolute atomic E-state index is 12.9. The molecule has 0 heterocycles. The lowest BCUT2D eigenvalue weighted by Gasteiger charge is -2.26. The second-order valence-corrected chi connectivity index (χ2v) is 22.3. The summed E-state index contributed by atoms with van der Waals surface area (Å²) in [5, 5.41) is 11.8. The van der Waals surface area contributed by atoms with E-state index in [4.69, 9.17) is 18.9 Å². The van der Waals surface area contributed by atoms with Crippen molar-refractivity contribution in [2.45, 2.75) is 270 Å². The summed E-state index contributed by atoms with van der Waals surface area (Å²) in [5.74, 6) is -2.29. The zero-order valence-corrected chi connectivity index (χ0v) is 51.5. The molecule has 0 aromatic rings. The first kappa shape index (κ1) is 75.0. The molecule has 0 radical (unpaired) electrons. The minimum absolute atomic E-state index is 0.142. The number of nitrogens with zero attached hydrogens (tertiary/aromatic N) is 1. The van der Waals surface area contributed by atoms with Crippen LogP contribution in [0.4, 0.5) is 0 Å². The highest BCUT2D eigenvalue weighted by Crippen LogP contribution is 2.16. The summed E-state index contributed by atoms with van der Waals surface area (Å²) in [6.07, 6.45) is 80.0. The zero-order valence-electron chi connectivity index (χ0n) is 51.5. The number of quaternary nitrogens is 1. The molecule has 0 rings (SSSR count). The van der Waals surface area contributed by atoms with E-state index in [1.807, 2.05) is 21.1 Å². The van der Waals surface area contributed by atoms with Gasteiger partial charge in [0.15, 0.2) is 12.4 Å². The van der Waals surface area contributed by atoms with E-state index in [0.717, 1.165) is 96.3 Å². The van der Waals surface area contributed by atoms with Crippen molar-refractivity contribution in [1.82, 2.24) is 0 Å². The summed E-state index contributed by atoms with van der Waals surface area (Å²) in [6.45, 7) is 4.63. The maximum atomic E-state index is 12.9. The van der Waals surface area contributed by atoms with Crippen LogP contribution in [-0.4, -0.2) is 82.3 Å². The zero-order chi connectivity index (χ0) is 57.6. The van der Waals surface area contributed by atoms with Crippen molar-refractivity contribution in [3.63, 3.8) is 0 Å². The number of aliphatic carboxylic acids is 1. The summed E-state index contributed by atoms with van der Waals surface area (Å²) in [5.41, 5.74) is 0. The summed E-state index contributed by atoms with van der Waals surface area (Å²) in [6, 6.07) is 0. The number of rotatable bonds is 58. The molecule has 0 fully saturated rings. The van der Waals surface area contributed by atoms with Gasteiger partial charge in [-0.05, 0) is 103 Å². The number of unbranched alkanes of at least 4 members (excludes halogenated alkanes) is 25. The normalized spacial score (nSPS) is 13.5. The van der Waals surface area contributed by atoms with E-state index in [9.17, 15) is 19.5 Å². The van der Waals surface area contributed by atoms with Gasteiger partial charge in [0, 0.05) is 12.8 Å². The fraction of sp³-hybridized carbons (Fsp3) is 0.700. The molecule has 0 spiro atoms. The number of likely N-dealkylation sites (N-methyl/N-ethyl adjacent to an activating group) is 1. The molecule has 0 aromatic carbocycles. The van der Waals surface area contributed by atoms with Crippen molar-refractivity contribution in [3.8, 4) is 0 Å². The third kappa shape index (κ3) is 61.4. The second-order valence-electron chi connectivity index (χ2n) is 22.3. The molecule has 0 aliphatic carbocycles. The molecule has 452 valence electrons. The predicted molar refractivity (Wildman–Crippen MR) is 333 cm³/mol. The highest BCUT2D eigenvalue weighted by molar-refractivity contribution is 5.70. The van der Waals surface area contributed by atoms with Gasteiger partial charge in [-0.2, -0.15) is 0 Å². The lowest BCUT2D eigenvalue weighted by atomic mass is 10.0. The summed E-state index contributed by atoms with van der Waals surface area (Å²) in [4.78, 5) is 37.4. The first-order valence-corrected chi connectivity index (χ1v) is 32.0. The first-order valence-electron chi connectivity index (χ1n) is 32.0. The van der Waals surface area contributed by atoms with E-state index >= 15 is 0 Å². The van der Waals surface area contributed by atoms with Gasteiger partial charge in [0.05, 0.1) is 40.3 Å². The van der Waals surface area contributed by atoms with Gasteiger partial charge in [-0.3, -0.25) is 9.59 Å². The highest BCUT2D eigenvalue weighted by Gasteiger charge is 2.22. The van der Waals surface area contributed by atoms with E-state index < -0.39 is 24.3 Å². The van der Waals surface area contributed by atoms with Gasteiger partial charge in [-0.15, -0.1) is 0 Å². The van der Waals surface area contributed by atoms with Crippen molar-refractivity contribution >= 4 is 17.9 Å². The van der Waals surface area contributed by atoms with Gasteiger partial charge in [-0.25, -0.2) is 0 Å². The Morgan fingerprint density at radius 1 is 0.392 bits per heavy atom. The lowest BCUT2D eigenvalue weighted by Crippen LogP contribution is -2.44. The number of carbonyl (C=O) groups is 3. The monoisotopic (exact) mass is 1100 g/mol. The molecule has 0 aliphatic rings. The van der Waals surface area contributed by atoms with E-state index in [1.165, 1.54) is 128 Å². The van der Waals surface area contributed by atoms with Gasteiger partial charge < -0.3 is 33.3 Å². The largest absolute Gasteiger partial charge is 0.545 e. The maximum Gasteiger partial charge on any atom is 0.306 e. The molecule has 0 aromatic heterocycles. The van der Waals surface area contributed by atoms with Crippen LogP contribution in [0.1, 0.15) is 258 Å². The number of carboxylic acid groups (broad SMARTS) is 1. The van der Waals surface area contributed by atoms with Crippen LogP contribution in [0.15, 0.2) is 109 Å². The van der Waals surface area contributed by atoms with E-state index in [2.05, 4.69) is 123 Å². The average molecular weight is 1100 g/mol. The molecule has 9 nitrogen and oxygen atoms in total. The predicted octanol–water partition coefficient (Wildman–Crippen LogP) is 18.1. The van der Waals surface area contributed by atoms with Crippen molar-refractivity contribution < 1.29 is 42.9 Å². The molecule has 0 N–H and O–H groups in total. The van der Waals surface area contributed by atoms with Crippen molar-refractivity contribution in [1.29, 1.82) is 0 Å². The Morgan fingerprint density at radius 2 is 0.722 bits per heavy atom. The van der Waals surface area contributed by atoms with E-state index in [-0.39, 0.29) is 38.6 Å². The van der Waals surface area contributed by atoms with Gasteiger partial charge in [0.25, 0.3) is 0 Å². The highest BCUT2D eigenvalue weighted by atomic mass is 16.7. The van der Waals surface area contributed by atoms with Crippen LogP contribution in [0.25, 0.3) is 0 Å². The van der Waals surface area contributed by atoms with Gasteiger partial charge >= 0.3 is 11.9 Å². The van der Waals surface area contributed by atoms with Crippen molar-refractivity contribution in [2.24, 2.45) is 0 Å². The fourth-order valence-corrected chi connectivity index (χ4v) is 8.61.